The Morgan fingerprint density at radius 1 is 1.29 bits per heavy atom. The van der Waals surface area contributed by atoms with Crippen molar-refractivity contribution in [1.29, 1.82) is 0 Å². The molecule has 1 atom stereocenters. The smallest absolute Gasteiger partial charge is 0.123 e. The first kappa shape index (κ1) is 14.8. The molecule has 0 radical (unpaired) electrons. The van der Waals surface area contributed by atoms with Crippen LogP contribution in [0.4, 0.5) is 4.39 Å². The molecule has 3 nitrogen and oxygen atoms in total. The summed E-state index contributed by atoms with van der Waals surface area (Å²) in [6.07, 6.45) is 5.20. The molecule has 0 spiro atoms. The highest BCUT2D eigenvalue weighted by molar-refractivity contribution is 5.33. The van der Waals surface area contributed by atoms with Gasteiger partial charge in [0.15, 0.2) is 0 Å². The Bertz CT molecular complexity index is 470. The highest BCUT2D eigenvalue weighted by atomic mass is 19.1. The summed E-state index contributed by atoms with van der Waals surface area (Å²) in [5.41, 5.74) is 0.955. The van der Waals surface area contributed by atoms with Crippen molar-refractivity contribution in [3.8, 4) is 5.75 Å². The maximum Gasteiger partial charge on any atom is 0.123 e. The molecule has 0 bridgehead atoms. The Balaban J connectivity index is 1.68. The van der Waals surface area contributed by atoms with Crippen LogP contribution in [0.15, 0.2) is 18.2 Å². The van der Waals surface area contributed by atoms with Crippen molar-refractivity contribution < 1.29 is 9.13 Å². The SMILES string of the molecule is COc1ccc(F)cc1CN(CC1CC1)CC1CCCN1. The van der Waals surface area contributed by atoms with Crippen molar-refractivity contribution in [3.63, 3.8) is 0 Å². The molecule has 116 valence electrons. The molecule has 2 aliphatic rings. The number of nitrogens with one attached hydrogen (secondary N) is 1. The highest BCUT2D eigenvalue weighted by Gasteiger charge is 2.27. The van der Waals surface area contributed by atoms with Crippen molar-refractivity contribution in [2.45, 2.75) is 38.3 Å². The van der Waals surface area contributed by atoms with Gasteiger partial charge in [-0.2, -0.15) is 0 Å². The molecule has 1 aromatic rings. The first-order chi connectivity index (χ1) is 10.2. The average Bonchev–Trinajstić information content (AvgIpc) is 3.12. The molecule has 1 saturated carbocycles. The molecular formula is C17H25FN2O. The summed E-state index contributed by atoms with van der Waals surface area (Å²) in [6, 6.07) is 5.39. The molecule has 0 amide bonds. The van der Waals surface area contributed by atoms with Gasteiger partial charge in [-0.05, 0) is 56.3 Å². The lowest BCUT2D eigenvalue weighted by molar-refractivity contribution is 0.228. The van der Waals surface area contributed by atoms with Gasteiger partial charge in [0.05, 0.1) is 7.11 Å². The first-order valence-corrected chi connectivity index (χ1v) is 8.03. The number of hydrogen-bond acceptors (Lipinski definition) is 3. The second kappa shape index (κ2) is 6.75. The third-order valence-electron chi connectivity index (χ3n) is 4.49. The molecule has 0 aromatic heterocycles. The molecular weight excluding hydrogens is 267 g/mol. The number of nitrogens with zero attached hydrogens (tertiary/aromatic N) is 1. The van der Waals surface area contributed by atoms with Crippen molar-refractivity contribution in [2.24, 2.45) is 5.92 Å². The van der Waals surface area contributed by atoms with Gasteiger partial charge in [-0.3, -0.25) is 4.90 Å². The fourth-order valence-corrected chi connectivity index (χ4v) is 3.21. The van der Waals surface area contributed by atoms with Gasteiger partial charge in [-0.15, -0.1) is 0 Å². The van der Waals surface area contributed by atoms with Gasteiger partial charge >= 0.3 is 0 Å². The van der Waals surface area contributed by atoms with Crippen LogP contribution >= 0.6 is 0 Å². The molecule has 1 unspecified atom stereocenters. The van der Waals surface area contributed by atoms with E-state index in [1.807, 2.05) is 0 Å². The fourth-order valence-electron chi connectivity index (χ4n) is 3.21. The van der Waals surface area contributed by atoms with E-state index in [1.54, 1.807) is 19.2 Å². The van der Waals surface area contributed by atoms with Crippen molar-refractivity contribution >= 4 is 0 Å². The molecule has 1 aliphatic carbocycles. The predicted octanol–water partition coefficient (Wildman–Crippen LogP) is 2.80. The van der Waals surface area contributed by atoms with Crippen LogP contribution in [0.5, 0.6) is 5.75 Å². The first-order valence-electron chi connectivity index (χ1n) is 8.03. The zero-order valence-electron chi connectivity index (χ0n) is 12.8. The van der Waals surface area contributed by atoms with E-state index in [4.69, 9.17) is 4.74 Å². The lowest BCUT2D eigenvalue weighted by Crippen LogP contribution is -2.38. The van der Waals surface area contributed by atoms with Crippen molar-refractivity contribution in [3.05, 3.63) is 29.6 Å². The van der Waals surface area contributed by atoms with E-state index in [9.17, 15) is 4.39 Å². The number of methoxy groups -OCH3 is 1. The van der Waals surface area contributed by atoms with Gasteiger partial charge in [-0.1, -0.05) is 0 Å². The monoisotopic (exact) mass is 292 g/mol. The minimum absolute atomic E-state index is 0.184. The minimum Gasteiger partial charge on any atom is -0.496 e. The van der Waals surface area contributed by atoms with Gasteiger partial charge < -0.3 is 10.1 Å². The summed E-state index contributed by atoms with van der Waals surface area (Å²) >= 11 is 0. The number of hydrogen-bond donors (Lipinski definition) is 1. The normalized spacial score (nSPS) is 22.0. The molecule has 1 heterocycles. The highest BCUT2D eigenvalue weighted by Crippen LogP contribution is 2.31. The zero-order chi connectivity index (χ0) is 14.7. The summed E-state index contributed by atoms with van der Waals surface area (Å²) < 4.78 is 18.9. The lowest BCUT2D eigenvalue weighted by atomic mass is 10.1. The maximum absolute atomic E-state index is 13.5. The van der Waals surface area contributed by atoms with Crippen LogP contribution in [0.25, 0.3) is 0 Å². The zero-order valence-corrected chi connectivity index (χ0v) is 12.8. The van der Waals surface area contributed by atoms with E-state index >= 15 is 0 Å². The summed E-state index contributed by atoms with van der Waals surface area (Å²) in [4.78, 5) is 2.47. The van der Waals surface area contributed by atoms with Gasteiger partial charge in [0.25, 0.3) is 0 Å². The maximum atomic E-state index is 13.5. The van der Waals surface area contributed by atoms with Gasteiger partial charge in [-0.25, -0.2) is 4.39 Å². The molecule has 1 aromatic carbocycles. The van der Waals surface area contributed by atoms with Gasteiger partial charge in [0.2, 0.25) is 0 Å². The Hall–Kier alpha value is -1.13. The molecule has 1 saturated heterocycles. The summed E-state index contributed by atoms with van der Waals surface area (Å²) in [5, 5.41) is 3.56. The quantitative estimate of drug-likeness (QED) is 0.836. The van der Waals surface area contributed by atoms with Crippen LogP contribution < -0.4 is 10.1 Å². The van der Waals surface area contributed by atoms with Crippen LogP contribution in [0.3, 0.4) is 0 Å². The second-order valence-corrected chi connectivity index (χ2v) is 6.39. The van der Waals surface area contributed by atoms with Crippen LogP contribution in [-0.4, -0.2) is 37.7 Å². The van der Waals surface area contributed by atoms with Crippen LogP contribution in [-0.2, 0) is 6.54 Å². The Morgan fingerprint density at radius 2 is 2.14 bits per heavy atom. The largest absolute Gasteiger partial charge is 0.496 e. The summed E-state index contributed by atoms with van der Waals surface area (Å²) in [6.45, 7) is 4.08. The molecule has 3 rings (SSSR count). The molecule has 1 N–H and O–H groups in total. The Kier molecular flexibility index (Phi) is 4.76. The van der Waals surface area contributed by atoms with Crippen LogP contribution in [0.2, 0.25) is 0 Å². The molecule has 2 fully saturated rings. The van der Waals surface area contributed by atoms with Crippen LogP contribution in [0, 0.1) is 11.7 Å². The van der Waals surface area contributed by atoms with Gasteiger partial charge in [0, 0.05) is 31.2 Å². The topological polar surface area (TPSA) is 24.5 Å². The van der Waals surface area contributed by atoms with E-state index in [-0.39, 0.29) is 5.82 Å². The third-order valence-corrected chi connectivity index (χ3v) is 4.49. The van der Waals surface area contributed by atoms with Crippen molar-refractivity contribution in [2.75, 3.05) is 26.7 Å². The lowest BCUT2D eigenvalue weighted by Gasteiger charge is -2.26. The second-order valence-electron chi connectivity index (χ2n) is 6.39. The number of halogens is 1. The Labute approximate surface area is 126 Å². The summed E-state index contributed by atoms with van der Waals surface area (Å²) in [7, 11) is 1.65. The number of ether oxygens (including phenoxy) is 1. The molecule has 4 heteroatoms. The number of benzene rings is 1. The predicted molar refractivity (Wildman–Crippen MR) is 82.0 cm³/mol. The van der Waals surface area contributed by atoms with Crippen LogP contribution in [0.1, 0.15) is 31.2 Å². The van der Waals surface area contributed by atoms with E-state index < -0.39 is 0 Å². The third kappa shape index (κ3) is 4.17. The summed E-state index contributed by atoms with van der Waals surface area (Å²) in [5.74, 6) is 1.44. The fraction of sp³-hybridized carbons (Fsp3) is 0.647. The minimum atomic E-state index is -0.184. The van der Waals surface area contributed by atoms with E-state index in [0.717, 1.165) is 43.4 Å². The molecule has 1 aliphatic heterocycles. The van der Waals surface area contributed by atoms with Gasteiger partial charge in [0.1, 0.15) is 11.6 Å². The van der Waals surface area contributed by atoms with Crippen molar-refractivity contribution in [1.82, 2.24) is 10.2 Å². The number of rotatable bonds is 7. The van der Waals surface area contributed by atoms with E-state index in [0.29, 0.717) is 6.04 Å². The Morgan fingerprint density at radius 3 is 2.81 bits per heavy atom. The van der Waals surface area contributed by atoms with E-state index in [2.05, 4.69) is 10.2 Å². The standard InChI is InChI=1S/C17H25FN2O/c1-21-17-7-6-15(18)9-14(17)11-20(10-13-4-5-13)12-16-3-2-8-19-16/h6-7,9,13,16,19H,2-5,8,10-12H2,1H3. The van der Waals surface area contributed by atoms with E-state index in [1.165, 1.54) is 31.7 Å². The molecule has 21 heavy (non-hydrogen) atoms. The average molecular weight is 292 g/mol.